The fourth-order valence-corrected chi connectivity index (χ4v) is 4.93. The number of nitrogens with zero attached hydrogens (tertiary/aromatic N) is 3. The molecule has 0 radical (unpaired) electrons. The van der Waals surface area contributed by atoms with Crippen LogP contribution in [0.3, 0.4) is 0 Å². The predicted molar refractivity (Wildman–Crippen MR) is 138 cm³/mol. The van der Waals surface area contributed by atoms with Crippen molar-refractivity contribution in [3.63, 3.8) is 0 Å². The summed E-state index contributed by atoms with van der Waals surface area (Å²) in [4.78, 5) is 31.3. The number of nitriles is 1. The second-order valence-electron chi connectivity index (χ2n) is 9.62. The van der Waals surface area contributed by atoms with Gasteiger partial charge in [-0.15, -0.1) is 5.12 Å². The standard InChI is InChI=1S/C28H22Cl2FN3O4/c1-16(35)25(36)28(38-15-27(14-32)10-11-27)23-9-8-21(17-2-4-18(29)5-3-17)22(24(23)26(37)34(28)31)12-20-7-6-19(30)13-33-20/h2-9,13,16,35H,10-12,15H2,1H3/t16?,28-/m1/s1. The zero-order valence-electron chi connectivity index (χ0n) is 20.2. The van der Waals surface area contributed by atoms with Crippen LogP contribution in [0.15, 0.2) is 54.7 Å². The molecule has 7 nitrogen and oxygen atoms in total. The Morgan fingerprint density at radius 2 is 1.87 bits per heavy atom. The Balaban J connectivity index is 1.72. The molecule has 194 valence electrons. The van der Waals surface area contributed by atoms with E-state index in [1.165, 1.54) is 19.2 Å². The summed E-state index contributed by atoms with van der Waals surface area (Å²) < 4.78 is 21.9. The second-order valence-corrected chi connectivity index (χ2v) is 10.5. The van der Waals surface area contributed by atoms with Gasteiger partial charge >= 0.3 is 0 Å². The maximum absolute atomic E-state index is 16.0. The van der Waals surface area contributed by atoms with Crippen LogP contribution in [-0.2, 0) is 21.7 Å². The van der Waals surface area contributed by atoms with Gasteiger partial charge in [0.25, 0.3) is 11.6 Å². The normalized spacial score (nSPS) is 20.1. The van der Waals surface area contributed by atoms with Crippen molar-refractivity contribution in [2.45, 2.75) is 38.0 Å². The third-order valence-corrected chi connectivity index (χ3v) is 7.49. The number of hydrogen-bond donors (Lipinski definition) is 1. The molecule has 1 aliphatic heterocycles. The Hall–Kier alpha value is -3.35. The molecular formula is C28H22Cl2FN3O4. The summed E-state index contributed by atoms with van der Waals surface area (Å²) in [6.45, 7) is 0.906. The smallest absolute Gasteiger partial charge is 0.285 e. The van der Waals surface area contributed by atoms with E-state index in [4.69, 9.17) is 27.9 Å². The lowest BCUT2D eigenvalue weighted by atomic mass is 9.86. The predicted octanol–water partition coefficient (Wildman–Crippen LogP) is 5.41. The van der Waals surface area contributed by atoms with Gasteiger partial charge in [0.15, 0.2) is 0 Å². The number of fused-ring (bicyclic) bond motifs is 1. The van der Waals surface area contributed by atoms with Gasteiger partial charge in [-0.05, 0) is 60.7 Å². The van der Waals surface area contributed by atoms with Gasteiger partial charge in [0.05, 0.1) is 28.7 Å². The first-order valence-corrected chi connectivity index (χ1v) is 12.7. The lowest BCUT2D eigenvalue weighted by Gasteiger charge is -2.33. The van der Waals surface area contributed by atoms with Crippen molar-refractivity contribution in [1.29, 1.82) is 5.26 Å². The van der Waals surface area contributed by atoms with Crippen LogP contribution in [0.5, 0.6) is 0 Å². The third-order valence-electron chi connectivity index (χ3n) is 7.01. The number of pyridine rings is 1. The molecule has 1 aromatic heterocycles. The Kier molecular flexibility index (Phi) is 6.74. The van der Waals surface area contributed by atoms with E-state index in [0.29, 0.717) is 45.3 Å². The summed E-state index contributed by atoms with van der Waals surface area (Å²) in [6, 6.07) is 15.5. The van der Waals surface area contributed by atoms with E-state index in [2.05, 4.69) is 11.1 Å². The van der Waals surface area contributed by atoms with Crippen molar-refractivity contribution in [3.8, 4) is 17.2 Å². The molecule has 3 aromatic rings. The first kappa shape index (κ1) is 26.3. The zero-order chi connectivity index (χ0) is 27.2. The molecule has 0 saturated heterocycles. The number of Topliss-reactive ketones (excluding diaryl/α,β-unsaturated/α-hetero) is 1. The molecule has 0 spiro atoms. The Morgan fingerprint density at radius 1 is 1.18 bits per heavy atom. The van der Waals surface area contributed by atoms with Crippen molar-refractivity contribution >= 4 is 34.9 Å². The van der Waals surface area contributed by atoms with Crippen LogP contribution in [0.4, 0.5) is 4.48 Å². The quantitative estimate of drug-likeness (QED) is 0.374. The van der Waals surface area contributed by atoms with Crippen molar-refractivity contribution in [2.24, 2.45) is 5.41 Å². The molecule has 1 saturated carbocycles. The molecule has 1 amide bonds. The monoisotopic (exact) mass is 553 g/mol. The summed E-state index contributed by atoms with van der Waals surface area (Å²) >= 11 is 12.1. The minimum absolute atomic E-state index is 0.0358. The molecule has 1 fully saturated rings. The van der Waals surface area contributed by atoms with Crippen molar-refractivity contribution in [3.05, 3.63) is 87.2 Å². The van der Waals surface area contributed by atoms with Gasteiger partial charge in [-0.25, -0.2) is 0 Å². The van der Waals surface area contributed by atoms with Gasteiger partial charge in [0.2, 0.25) is 5.78 Å². The molecule has 0 bridgehead atoms. The number of benzene rings is 2. The number of ketones is 1. The summed E-state index contributed by atoms with van der Waals surface area (Å²) in [5.41, 5.74) is -1.21. The average Bonchev–Trinajstić information content (AvgIpc) is 3.66. The van der Waals surface area contributed by atoms with Crippen LogP contribution in [-0.4, -0.2) is 39.6 Å². The van der Waals surface area contributed by atoms with Crippen molar-refractivity contribution in [2.75, 3.05) is 6.61 Å². The molecule has 2 aromatic carbocycles. The summed E-state index contributed by atoms with van der Waals surface area (Å²) in [7, 11) is 0. The molecular weight excluding hydrogens is 532 g/mol. The van der Waals surface area contributed by atoms with Crippen LogP contribution in [0, 0.1) is 16.7 Å². The topological polar surface area (TPSA) is 104 Å². The van der Waals surface area contributed by atoms with Crippen LogP contribution >= 0.6 is 23.2 Å². The molecule has 2 aliphatic rings. The number of ether oxygens (including phenoxy) is 1. The van der Waals surface area contributed by atoms with Crippen LogP contribution in [0.1, 0.15) is 46.9 Å². The Morgan fingerprint density at radius 3 is 2.45 bits per heavy atom. The van der Waals surface area contributed by atoms with E-state index < -0.39 is 28.9 Å². The van der Waals surface area contributed by atoms with Gasteiger partial charge in [-0.1, -0.05) is 51.9 Å². The van der Waals surface area contributed by atoms with E-state index in [9.17, 15) is 20.0 Å². The number of rotatable bonds is 8. The number of halogens is 3. The van der Waals surface area contributed by atoms with Crippen LogP contribution in [0.2, 0.25) is 10.0 Å². The maximum atomic E-state index is 16.0. The minimum atomic E-state index is -2.53. The van der Waals surface area contributed by atoms with E-state index in [-0.39, 0.29) is 29.3 Å². The lowest BCUT2D eigenvalue weighted by Crippen LogP contribution is -2.52. The Bertz CT molecular complexity index is 1470. The first-order chi connectivity index (χ1) is 18.1. The summed E-state index contributed by atoms with van der Waals surface area (Å²) in [6.07, 6.45) is 0.976. The van der Waals surface area contributed by atoms with Gasteiger partial charge in [0, 0.05) is 28.9 Å². The molecule has 2 heterocycles. The van der Waals surface area contributed by atoms with E-state index >= 15 is 4.48 Å². The third kappa shape index (κ3) is 4.36. The fourth-order valence-electron chi connectivity index (χ4n) is 4.70. The van der Waals surface area contributed by atoms with E-state index in [1.807, 2.05) is 0 Å². The van der Waals surface area contributed by atoms with Crippen LogP contribution < -0.4 is 0 Å². The maximum Gasteiger partial charge on any atom is 0.285 e. The highest BCUT2D eigenvalue weighted by Gasteiger charge is 2.61. The molecule has 5 rings (SSSR count). The Labute approximate surface area is 228 Å². The number of hydrogen-bond acceptors (Lipinski definition) is 6. The van der Waals surface area contributed by atoms with Crippen molar-refractivity contribution in [1.82, 2.24) is 10.1 Å². The van der Waals surface area contributed by atoms with Gasteiger partial charge < -0.3 is 9.84 Å². The number of carbonyl (C=O) groups excluding carboxylic acids is 2. The minimum Gasteiger partial charge on any atom is -0.385 e. The first-order valence-electron chi connectivity index (χ1n) is 11.9. The fraction of sp³-hybridized carbons (Fsp3) is 0.286. The number of carbonyl (C=O) groups is 2. The average molecular weight is 554 g/mol. The van der Waals surface area contributed by atoms with Gasteiger partial charge in [-0.3, -0.25) is 14.6 Å². The lowest BCUT2D eigenvalue weighted by molar-refractivity contribution is -0.215. The van der Waals surface area contributed by atoms with Gasteiger partial charge in [0.1, 0.15) is 6.10 Å². The number of amides is 1. The SMILES string of the molecule is CC(O)C(=O)[C@]1(OCC2(C#N)CC2)c2ccc(-c3ccc(Cl)cc3)c(Cc3ccc(Cl)cn3)c2C(=O)N1F. The van der Waals surface area contributed by atoms with Crippen molar-refractivity contribution < 1.29 is 23.9 Å². The highest BCUT2D eigenvalue weighted by Crippen LogP contribution is 2.50. The van der Waals surface area contributed by atoms with E-state index in [1.54, 1.807) is 42.5 Å². The number of aliphatic hydroxyl groups excluding tert-OH is 1. The molecule has 1 N–H and O–H groups in total. The molecule has 10 heteroatoms. The molecule has 2 atom stereocenters. The molecule has 1 aliphatic carbocycles. The second kappa shape index (κ2) is 9.75. The molecule has 38 heavy (non-hydrogen) atoms. The zero-order valence-corrected chi connectivity index (χ0v) is 21.8. The van der Waals surface area contributed by atoms with Crippen LogP contribution in [0.25, 0.3) is 11.1 Å². The number of aliphatic hydroxyl groups is 1. The molecule has 1 unspecified atom stereocenters. The van der Waals surface area contributed by atoms with E-state index in [0.717, 1.165) is 0 Å². The largest absolute Gasteiger partial charge is 0.385 e. The van der Waals surface area contributed by atoms with Gasteiger partial charge in [-0.2, -0.15) is 5.26 Å². The summed E-state index contributed by atoms with van der Waals surface area (Å²) in [5.74, 6) is -2.13. The number of aromatic nitrogens is 1. The highest BCUT2D eigenvalue weighted by atomic mass is 35.5. The highest BCUT2D eigenvalue weighted by molar-refractivity contribution is 6.30. The summed E-state index contributed by atoms with van der Waals surface area (Å²) in [5, 5.41) is 20.4.